The summed E-state index contributed by atoms with van der Waals surface area (Å²) in [5.41, 5.74) is 3.20. The number of ketones is 1. The van der Waals surface area contributed by atoms with Gasteiger partial charge in [-0.25, -0.2) is 4.79 Å². The second-order valence-corrected chi connectivity index (χ2v) is 5.94. The van der Waals surface area contributed by atoms with Crippen LogP contribution in [0.2, 0.25) is 0 Å². The molecule has 0 fully saturated rings. The summed E-state index contributed by atoms with van der Waals surface area (Å²) in [6, 6.07) is 18.4. The number of rotatable bonds is 3. The van der Waals surface area contributed by atoms with Gasteiger partial charge in [0, 0.05) is 16.8 Å². The van der Waals surface area contributed by atoms with Gasteiger partial charge in [0.05, 0.1) is 11.1 Å². The topological polar surface area (TPSA) is 83.5 Å². The number of carbonyl (C=O) groups excluding carboxylic acids is 2. The van der Waals surface area contributed by atoms with E-state index in [1.807, 2.05) is 18.2 Å². The molecule has 0 saturated heterocycles. The van der Waals surface area contributed by atoms with Crippen molar-refractivity contribution in [2.24, 2.45) is 0 Å². The Hall–Kier alpha value is -3.73. The molecule has 3 aromatic carbocycles. The molecule has 1 aliphatic carbocycles. The Bertz CT molecular complexity index is 1080. The maximum Gasteiger partial charge on any atom is 0.335 e. The summed E-state index contributed by atoms with van der Waals surface area (Å²) in [6.07, 6.45) is 0. The minimum absolute atomic E-state index is 0.0737. The molecule has 0 radical (unpaired) electrons. The Morgan fingerprint density at radius 1 is 0.808 bits per heavy atom. The molecule has 0 atom stereocenters. The first-order chi connectivity index (χ1) is 12.6. The van der Waals surface area contributed by atoms with Crippen molar-refractivity contribution in [3.63, 3.8) is 0 Å². The van der Waals surface area contributed by atoms with Crippen molar-refractivity contribution >= 4 is 23.3 Å². The van der Waals surface area contributed by atoms with Gasteiger partial charge in [0.1, 0.15) is 0 Å². The fraction of sp³-hybridized carbons (Fsp3) is 0. The quantitative estimate of drug-likeness (QED) is 0.592. The minimum Gasteiger partial charge on any atom is -0.478 e. The number of anilines is 1. The van der Waals surface area contributed by atoms with Gasteiger partial charge in [0.2, 0.25) is 0 Å². The number of hydrogen-bond donors (Lipinski definition) is 2. The molecule has 4 rings (SSSR count). The Labute approximate surface area is 148 Å². The van der Waals surface area contributed by atoms with Gasteiger partial charge >= 0.3 is 5.97 Å². The number of carboxylic acid groups (broad SMARTS) is 1. The van der Waals surface area contributed by atoms with Crippen molar-refractivity contribution in [3.05, 3.63) is 89.0 Å². The molecule has 5 heteroatoms. The van der Waals surface area contributed by atoms with Crippen LogP contribution in [-0.2, 0) is 0 Å². The second kappa shape index (κ2) is 5.97. The van der Waals surface area contributed by atoms with Gasteiger partial charge in [-0.1, -0.05) is 42.5 Å². The summed E-state index contributed by atoms with van der Waals surface area (Å²) < 4.78 is 0. The second-order valence-electron chi connectivity index (χ2n) is 5.94. The van der Waals surface area contributed by atoms with Crippen molar-refractivity contribution in [2.75, 3.05) is 5.32 Å². The number of benzene rings is 3. The summed E-state index contributed by atoms with van der Waals surface area (Å²) in [4.78, 5) is 36.6. The maximum atomic E-state index is 12.8. The predicted octanol–water partition coefficient (Wildman–Crippen LogP) is 3.85. The zero-order valence-corrected chi connectivity index (χ0v) is 13.5. The van der Waals surface area contributed by atoms with Gasteiger partial charge in [-0.05, 0) is 35.4 Å². The average molecular weight is 343 g/mol. The number of carbonyl (C=O) groups is 3. The molecule has 0 bridgehead atoms. The van der Waals surface area contributed by atoms with E-state index in [0.717, 1.165) is 11.1 Å². The van der Waals surface area contributed by atoms with Crippen molar-refractivity contribution < 1.29 is 19.5 Å². The van der Waals surface area contributed by atoms with Crippen molar-refractivity contribution in [1.82, 2.24) is 0 Å². The average Bonchev–Trinajstić information content (AvgIpc) is 2.95. The summed E-state index contributed by atoms with van der Waals surface area (Å²) in [7, 11) is 0. The first-order valence-electron chi connectivity index (χ1n) is 7.98. The predicted molar refractivity (Wildman–Crippen MR) is 96.7 cm³/mol. The molecule has 126 valence electrons. The molecule has 0 heterocycles. The largest absolute Gasteiger partial charge is 0.478 e. The number of amides is 1. The van der Waals surface area contributed by atoms with Gasteiger partial charge < -0.3 is 10.4 Å². The molecular formula is C21H13NO4. The highest BCUT2D eigenvalue weighted by Crippen LogP contribution is 2.38. The lowest BCUT2D eigenvalue weighted by molar-refractivity contribution is 0.0696. The Balaban J connectivity index is 1.72. The summed E-state index contributed by atoms with van der Waals surface area (Å²) in [5.74, 6) is -1.71. The van der Waals surface area contributed by atoms with Gasteiger partial charge in [-0.2, -0.15) is 0 Å². The fourth-order valence-corrected chi connectivity index (χ4v) is 3.19. The zero-order valence-electron chi connectivity index (χ0n) is 13.5. The van der Waals surface area contributed by atoms with Crippen molar-refractivity contribution in [3.8, 4) is 11.1 Å². The molecule has 0 saturated carbocycles. The Morgan fingerprint density at radius 3 is 2.27 bits per heavy atom. The van der Waals surface area contributed by atoms with Gasteiger partial charge in [-0.3, -0.25) is 9.59 Å². The lowest BCUT2D eigenvalue weighted by Crippen LogP contribution is -2.16. The van der Waals surface area contributed by atoms with Crippen LogP contribution < -0.4 is 5.32 Å². The van der Waals surface area contributed by atoms with Gasteiger partial charge in [0.15, 0.2) is 5.78 Å². The number of fused-ring (bicyclic) bond motifs is 3. The Kier molecular flexibility index (Phi) is 3.62. The molecule has 0 aliphatic heterocycles. The molecule has 2 N–H and O–H groups in total. The summed E-state index contributed by atoms with van der Waals surface area (Å²) in [6.45, 7) is 0. The highest BCUT2D eigenvalue weighted by molar-refractivity contribution is 6.26. The number of aromatic carboxylic acids is 1. The van der Waals surface area contributed by atoms with Crippen LogP contribution in [0.3, 0.4) is 0 Å². The van der Waals surface area contributed by atoms with Crippen LogP contribution in [0.5, 0.6) is 0 Å². The van der Waals surface area contributed by atoms with Crippen molar-refractivity contribution in [1.29, 1.82) is 0 Å². The van der Waals surface area contributed by atoms with Crippen LogP contribution in [0.4, 0.5) is 5.69 Å². The van der Waals surface area contributed by atoms with Gasteiger partial charge in [-0.15, -0.1) is 0 Å². The third kappa shape index (κ3) is 2.46. The third-order valence-electron chi connectivity index (χ3n) is 4.37. The number of nitrogens with one attached hydrogen (secondary N) is 1. The molecule has 26 heavy (non-hydrogen) atoms. The smallest absolute Gasteiger partial charge is 0.335 e. The van der Waals surface area contributed by atoms with E-state index in [0.29, 0.717) is 16.8 Å². The van der Waals surface area contributed by atoms with Crippen LogP contribution in [0, 0.1) is 0 Å². The molecule has 1 aliphatic rings. The molecular weight excluding hydrogens is 330 g/mol. The molecule has 0 aromatic heterocycles. The molecule has 1 amide bonds. The zero-order chi connectivity index (χ0) is 18.3. The highest BCUT2D eigenvalue weighted by Gasteiger charge is 2.30. The monoisotopic (exact) mass is 343 g/mol. The van der Waals surface area contributed by atoms with Crippen LogP contribution in [0.25, 0.3) is 11.1 Å². The fourth-order valence-electron chi connectivity index (χ4n) is 3.19. The van der Waals surface area contributed by atoms with E-state index in [1.54, 1.807) is 36.4 Å². The number of carboxylic acids is 1. The van der Waals surface area contributed by atoms with E-state index in [-0.39, 0.29) is 16.9 Å². The first kappa shape index (κ1) is 15.8. The van der Waals surface area contributed by atoms with Crippen LogP contribution >= 0.6 is 0 Å². The minimum atomic E-state index is -1.08. The molecule has 0 unspecified atom stereocenters. The lowest BCUT2D eigenvalue weighted by atomic mass is 10.00. The van der Waals surface area contributed by atoms with E-state index in [4.69, 9.17) is 5.11 Å². The summed E-state index contributed by atoms with van der Waals surface area (Å²) >= 11 is 0. The van der Waals surface area contributed by atoms with Crippen LogP contribution in [-0.4, -0.2) is 22.8 Å². The van der Waals surface area contributed by atoms with E-state index < -0.39 is 11.9 Å². The molecule has 0 spiro atoms. The maximum absolute atomic E-state index is 12.8. The third-order valence-corrected chi connectivity index (χ3v) is 4.37. The van der Waals surface area contributed by atoms with E-state index in [2.05, 4.69) is 5.32 Å². The summed E-state index contributed by atoms with van der Waals surface area (Å²) in [5, 5.41) is 11.7. The highest BCUT2D eigenvalue weighted by atomic mass is 16.4. The van der Waals surface area contributed by atoms with E-state index in [1.165, 1.54) is 12.1 Å². The molecule has 3 aromatic rings. The Morgan fingerprint density at radius 2 is 1.50 bits per heavy atom. The van der Waals surface area contributed by atoms with Crippen molar-refractivity contribution in [2.45, 2.75) is 0 Å². The van der Waals surface area contributed by atoms with Gasteiger partial charge in [0.25, 0.3) is 5.91 Å². The standard InChI is InChI=1S/C21H13NO4/c23-19-16-8-2-1-7-14(16)15-9-4-10-17(18(15)19)20(24)22-13-6-3-5-12(11-13)21(25)26/h1-11H,(H,22,24)(H,25,26). The van der Waals surface area contributed by atoms with E-state index >= 15 is 0 Å². The SMILES string of the molecule is O=C(O)c1cccc(NC(=O)c2cccc3c2C(=O)c2ccccc2-3)c1. The normalized spacial score (nSPS) is 11.6. The lowest BCUT2D eigenvalue weighted by Gasteiger charge is -2.09. The number of hydrogen-bond acceptors (Lipinski definition) is 3. The van der Waals surface area contributed by atoms with Crippen LogP contribution in [0.15, 0.2) is 66.7 Å². The van der Waals surface area contributed by atoms with Crippen LogP contribution in [0.1, 0.15) is 36.6 Å². The first-order valence-corrected chi connectivity index (χ1v) is 7.98. The van der Waals surface area contributed by atoms with E-state index in [9.17, 15) is 14.4 Å². The molecule has 5 nitrogen and oxygen atoms in total.